The average Bonchev–Trinajstić information content (AvgIpc) is 2.75. The molecule has 0 saturated carbocycles. The van der Waals surface area contributed by atoms with Crippen molar-refractivity contribution in [3.63, 3.8) is 0 Å². The number of fused-ring (bicyclic) bond motifs is 1. The number of rotatable bonds is 2. The molecule has 3 rings (SSSR count). The van der Waals surface area contributed by atoms with E-state index in [9.17, 15) is 4.39 Å². The molecule has 0 N–H and O–H groups in total. The van der Waals surface area contributed by atoms with Crippen LogP contribution < -0.4 is 0 Å². The van der Waals surface area contributed by atoms with Crippen LogP contribution in [0.3, 0.4) is 0 Å². The summed E-state index contributed by atoms with van der Waals surface area (Å²) in [6.45, 7) is 2.01. The van der Waals surface area contributed by atoms with Crippen molar-refractivity contribution in [1.29, 1.82) is 0 Å². The molecular weight excluding hydrogens is 229 g/mol. The summed E-state index contributed by atoms with van der Waals surface area (Å²) in [6, 6.07) is 10.6. The molecule has 0 atom stereocenters. The molecule has 2 heterocycles. The van der Waals surface area contributed by atoms with Crippen molar-refractivity contribution >= 4 is 5.65 Å². The lowest BCUT2D eigenvalue weighted by molar-refractivity contribution is 0.611. The highest BCUT2D eigenvalue weighted by Crippen LogP contribution is 2.13. The Labute approximate surface area is 104 Å². The summed E-state index contributed by atoms with van der Waals surface area (Å²) in [5, 5.41) is 8.20. The van der Waals surface area contributed by atoms with Gasteiger partial charge in [0.25, 0.3) is 0 Å². The van der Waals surface area contributed by atoms with Crippen LogP contribution in [0.5, 0.6) is 0 Å². The molecule has 90 valence electrons. The van der Waals surface area contributed by atoms with Gasteiger partial charge in [0, 0.05) is 12.6 Å². The first-order chi connectivity index (χ1) is 8.74. The lowest BCUT2D eigenvalue weighted by Gasteiger charge is -2.02. The molecule has 0 saturated heterocycles. The van der Waals surface area contributed by atoms with E-state index in [0.29, 0.717) is 12.0 Å². The standard InChI is InChI=1S/C14H12FN3/c1-10-6-7-13-16-17-14(18(13)9-10)8-11-4-2-3-5-12(11)15/h2-7,9H,8H2,1H3. The monoisotopic (exact) mass is 241 g/mol. The molecule has 0 bridgehead atoms. The van der Waals surface area contributed by atoms with E-state index in [1.807, 2.05) is 35.7 Å². The Morgan fingerprint density at radius 3 is 2.78 bits per heavy atom. The molecule has 0 amide bonds. The number of aryl methyl sites for hydroxylation is 1. The van der Waals surface area contributed by atoms with E-state index in [1.165, 1.54) is 6.07 Å². The first-order valence-corrected chi connectivity index (χ1v) is 5.78. The van der Waals surface area contributed by atoms with Crippen molar-refractivity contribution in [2.75, 3.05) is 0 Å². The molecule has 2 aromatic heterocycles. The largest absolute Gasteiger partial charge is 0.286 e. The highest BCUT2D eigenvalue weighted by Gasteiger charge is 2.08. The van der Waals surface area contributed by atoms with Gasteiger partial charge in [-0.05, 0) is 30.2 Å². The van der Waals surface area contributed by atoms with E-state index in [2.05, 4.69) is 10.2 Å². The Balaban J connectivity index is 2.05. The van der Waals surface area contributed by atoms with Crippen molar-refractivity contribution in [3.05, 3.63) is 65.4 Å². The second-order valence-corrected chi connectivity index (χ2v) is 4.32. The van der Waals surface area contributed by atoms with Gasteiger partial charge < -0.3 is 0 Å². The van der Waals surface area contributed by atoms with Crippen LogP contribution in [0.4, 0.5) is 4.39 Å². The maximum atomic E-state index is 13.6. The van der Waals surface area contributed by atoms with Crippen molar-refractivity contribution in [2.24, 2.45) is 0 Å². The summed E-state index contributed by atoms with van der Waals surface area (Å²) in [4.78, 5) is 0. The van der Waals surface area contributed by atoms with Gasteiger partial charge in [-0.15, -0.1) is 10.2 Å². The van der Waals surface area contributed by atoms with Crippen LogP contribution in [0.2, 0.25) is 0 Å². The summed E-state index contributed by atoms with van der Waals surface area (Å²) in [7, 11) is 0. The number of pyridine rings is 1. The van der Waals surface area contributed by atoms with Gasteiger partial charge in [-0.25, -0.2) is 4.39 Å². The Hall–Kier alpha value is -2.23. The van der Waals surface area contributed by atoms with Crippen LogP contribution in [0.25, 0.3) is 5.65 Å². The van der Waals surface area contributed by atoms with Gasteiger partial charge in [0.05, 0.1) is 0 Å². The Morgan fingerprint density at radius 2 is 1.94 bits per heavy atom. The number of benzene rings is 1. The van der Waals surface area contributed by atoms with Crippen LogP contribution >= 0.6 is 0 Å². The molecule has 0 unspecified atom stereocenters. The van der Waals surface area contributed by atoms with Crippen LogP contribution in [-0.4, -0.2) is 14.6 Å². The Kier molecular flexibility index (Phi) is 2.55. The lowest BCUT2D eigenvalue weighted by atomic mass is 10.1. The predicted octanol–water partition coefficient (Wildman–Crippen LogP) is 2.77. The third-order valence-corrected chi connectivity index (χ3v) is 2.93. The molecule has 4 heteroatoms. The highest BCUT2D eigenvalue weighted by molar-refractivity contribution is 5.40. The highest BCUT2D eigenvalue weighted by atomic mass is 19.1. The van der Waals surface area contributed by atoms with Gasteiger partial charge in [-0.1, -0.05) is 24.3 Å². The molecule has 0 aliphatic carbocycles. The number of aromatic nitrogens is 3. The molecule has 0 radical (unpaired) electrons. The maximum Gasteiger partial charge on any atom is 0.160 e. The van der Waals surface area contributed by atoms with Gasteiger partial charge in [0.15, 0.2) is 5.65 Å². The summed E-state index contributed by atoms with van der Waals surface area (Å²) >= 11 is 0. The summed E-state index contributed by atoms with van der Waals surface area (Å²) in [5.74, 6) is 0.542. The van der Waals surface area contributed by atoms with E-state index in [-0.39, 0.29) is 5.82 Å². The number of nitrogens with zero attached hydrogens (tertiary/aromatic N) is 3. The number of hydrogen-bond donors (Lipinski definition) is 0. The molecule has 0 spiro atoms. The third kappa shape index (κ3) is 1.86. The lowest BCUT2D eigenvalue weighted by Crippen LogP contribution is -1.98. The van der Waals surface area contributed by atoms with Crippen molar-refractivity contribution in [3.8, 4) is 0 Å². The topological polar surface area (TPSA) is 30.2 Å². The average molecular weight is 241 g/mol. The van der Waals surface area contributed by atoms with Gasteiger partial charge in [-0.3, -0.25) is 4.40 Å². The predicted molar refractivity (Wildman–Crippen MR) is 66.9 cm³/mol. The first kappa shape index (κ1) is 10.9. The fraction of sp³-hybridized carbons (Fsp3) is 0.143. The van der Waals surface area contributed by atoms with Gasteiger partial charge in [0.1, 0.15) is 11.6 Å². The first-order valence-electron chi connectivity index (χ1n) is 5.78. The number of hydrogen-bond acceptors (Lipinski definition) is 2. The van der Waals surface area contributed by atoms with E-state index < -0.39 is 0 Å². The molecular formula is C14H12FN3. The number of halogens is 1. The van der Waals surface area contributed by atoms with Crippen LogP contribution in [0, 0.1) is 12.7 Å². The molecule has 0 aliphatic rings. The van der Waals surface area contributed by atoms with Crippen LogP contribution in [0.1, 0.15) is 17.0 Å². The fourth-order valence-electron chi connectivity index (χ4n) is 1.98. The minimum absolute atomic E-state index is 0.207. The van der Waals surface area contributed by atoms with E-state index in [0.717, 1.165) is 17.0 Å². The second kappa shape index (κ2) is 4.22. The minimum Gasteiger partial charge on any atom is -0.286 e. The normalized spacial score (nSPS) is 11.0. The minimum atomic E-state index is -0.207. The van der Waals surface area contributed by atoms with E-state index in [1.54, 1.807) is 12.1 Å². The molecule has 0 aliphatic heterocycles. The van der Waals surface area contributed by atoms with E-state index in [4.69, 9.17) is 0 Å². The Morgan fingerprint density at radius 1 is 1.11 bits per heavy atom. The zero-order chi connectivity index (χ0) is 12.5. The summed E-state index contributed by atoms with van der Waals surface area (Å²) in [5.41, 5.74) is 2.54. The molecule has 0 fully saturated rings. The fourth-order valence-corrected chi connectivity index (χ4v) is 1.98. The zero-order valence-electron chi connectivity index (χ0n) is 9.97. The molecule has 3 aromatic rings. The van der Waals surface area contributed by atoms with Crippen LogP contribution in [0.15, 0.2) is 42.6 Å². The smallest absolute Gasteiger partial charge is 0.160 e. The van der Waals surface area contributed by atoms with Crippen molar-refractivity contribution in [1.82, 2.24) is 14.6 Å². The summed E-state index contributed by atoms with van der Waals surface area (Å²) in [6.07, 6.45) is 2.41. The van der Waals surface area contributed by atoms with Gasteiger partial charge >= 0.3 is 0 Å². The van der Waals surface area contributed by atoms with Crippen molar-refractivity contribution in [2.45, 2.75) is 13.3 Å². The zero-order valence-corrected chi connectivity index (χ0v) is 9.97. The van der Waals surface area contributed by atoms with Crippen molar-refractivity contribution < 1.29 is 4.39 Å². The maximum absolute atomic E-state index is 13.6. The van der Waals surface area contributed by atoms with E-state index >= 15 is 0 Å². The molecule has 3 nitrogen and oxygen atoms in total. The summed E-state index contributed by atoms with van der Waals surface area (Å²) < 4.78 is 15.5. The molecule has 18 heavy (non-hydrogen) atoms. The second-order valence-electron chi connectivity index (χ2n) is 4.32. The molecule has 1 aromatic carbocycles. The SMILES string of the molecule is Cc1ccc2nnc(Cc3ccccc3F)n2c1. The van der Waals surface area contributed by atoms with Gasteiger partial charge in [0.2, 0.25) is 0 Å². The van der Waals surface area contributed by atoms with Crippen LogP contribution in [-0.2, 0) is 6.42 Å². The third-order valence-electron chi connectivity index (χ3n) is 2.93. The Bertz CT molecular complexity index is 703. The van der Waals surface area contributed by atoms with Gasteiger partial charge in [-0.2, -0.15) is 0 Å². The quantitative estimate of drug-likeness (QED) is 0.690.